The Morgan fingerprint density at radius 3 is 2.35 bits per heavy atom. The number of benzene rings is 3. The third-order valence-corrected chi connectivity index (χ3v) is 7.10. The fraction of sp³-hybridized carbons (Fsp3) is 0.226. The number of halogens is 1. The Balaban J connectivity index is 1.30. The molecule has 5 rings (SSSR count). The minimum absolute atomic E-state index is 0.0496. The molecular formula is C31H29ClN6O5. The Morgan fingerprint density at radius 2 is 1.65 bits per heavy atom. The van der Waals surface area contributed by atoms with Gasteiger partial charge < -0.3 is 20.1 Å². The van der Waals surface area contributed by atoms with Crippen molar-refractivity contribution in [2.45, 2.75) is 26.3 Å². The molecule has 220 valence electrons. The van der Waals surface area contributed by atoms with Gasteiger partial charge in [-0.3, -0.25) is 23.9 Å². The number of methoxy groups -OCH3 is 1. The molecule has 3 aromatic carbocycles. The first kappa shape index (κ1) is 29.5. The highest BCUT2D eigenvalue weighted by Crippen LogP contribution is 2.34. The lowest BCUT2D eigenvalue weighted by molar-refractivity contribution is -0.126. The van der Waals surface area contributed by atoms with Crippen LogP contribution in [0.2, 0.25) is 5.02 Å². The van der Waals surface area contributed by atoms with Crippen LogP contribution in [0.1, 0.15) is 52.5 Å². The van der Waals surface area contributed by atoms with Crippen LogP contribution >= 0.6 is 11.6 Å². The number of hydrogen-bond donors (Lipinski definition) is 2. The van der Waals surface area contributed by atoms with Gasteiger partial charge in [0, 0.05) is 21.7 Å². The first-order valence-electron chi connectivity index (χ1n) is 13.4. The second-order valence-electron chi connectivity index (χ2n) is 9.77. The molecule has 12 heteroatoms. The molecule has 43 heavy (non-hydrogen) atoms. The van der Waals surface area contributed by atoms with Gasteiger partial charge >= 0.3 is 0 Å². The maximum Gasteiger partial charge on any atom is 0.241 e. The van der Waals surface area contributed by atoms with Crippen molar-refractivity contribution in [3.8, 4) is 17.2 Å². The summed E-state index contributed by atoms with van der Waals surface area (Å²) in [6.07, 6.45) is -0.0768. The van der Waals surface area contributed by atoms with Gasteiger partial charge in [-0.05, 0) is 68.4 Å². The van der Waals surface area contributed by atoms with Crippen LogP contribution in [0.15, 0.2) is 71.7 Å². The molecule has 2 amide bonds. The number of Topliss-reactive ketones (excluding diaryl/α,β-unsaturated/α-hetero) is 1. The molecule has 2 N–H and O–H groups in total. The van der Waals surface area contributed by atoms with Crippen LogP contribution < -0.4 is 20.1 Å². The van der Waals surface area contributed by atoms with Gasteiger partial charge in [0.05, 0.1) is 31.5 Å². The van der Waals surface area contributed by atoms with Gasteiger partial charge in [0.15, 0.2) is 18.3 Å². The van der Waals surface area contributed by atoms with Crippen LogP contribution in [0.5, 0.6) is 11.5 Å². The molecule has 11 nitrogen and oxygen atoms in total. The van der Waals surface area contributed by atoms with Crippen LogP contribution in [-0.2, 0) is 9.59 Å². The molecule has 0 fully saturated rings. The number of nitrogens with one attached hydrogen (secondary N) is 2. The van der Waals surface area contributed by atoms with Crippen molar-refractivity contribution in [2.24, 2.45) is 4.99 Å². The zero-order valence-corrected chi connectivity index (χ0v) is 24.5. The van der Waals surface area contributed by atoms with Crippen LogP contribution in [-0.4, -0.2) is 58.5 Å². The lowest BCUT2D eigenvalue weighted by atomic mass is 10.00. The lowest BCUT2D eigenvalue weighted by Crippen LogP contribution is -2.38. The van der Waals surface area contributed by atoms with E-state index in [0.717, 1.165) is 16.8 Å². The highest BCUT2D eigenvalue weighted by atomic mass is 35.5. The van der Waals surface area contributed by atoms with Gasteiger partial charge in [0.25, 0.3) is 0 Å². The number of ether oxygens (including phenoxy) is 2. The molecule has 0 saturated heterocycles. The van der Waals surface area contributed by atoms with Crippen molar-refractivity contribution >= 4 is 34.9 Å². The maximum absolute atomic E-state index is 13.1. The zero-order valence-electron chi connectivity index (χ0n) is 23.8. The summed E-state index contributed by atoms with van der Waals surface area (Å²) in [5.41, 5.74) is 3.58. The van der Waals surface area contributed by atoms with Gasteiger partial charge in [-0.2, -0.15) is 0 Å². The van der Waals surface area contributed by atoms with Gasteiger partial charge in [-0.15, -0.1) is 10.2 Å². The summed E-state index contributed by atoms with van der Waals surface area (Å²) in [5, 5.41) is 14.5. The maximum atomic E-state index is 13.1. The first-order valence-corrected chi connectivity index (χ1v) is 13.8. The summed E-state index contributed by atoms with van der Waals surface area (Å²) >= 11 is 6.16. The standard InChI is InChI=1S/C31H29ClN6O5/c1-18(39)20-6-10-23(11-7-20)43-17-34-29(41)16-33-28(40)15-26-31-37-36-19(2)38(31)27-13-12-24(42-3)14-25(27)30(35-26)21-4-8-22(32)9-5-21/h4-14,26H,15-17H2,1-3H3,(H,33,40)(H,34,41). The van der Waals surface area contributed by atoms with Crippen molar-refractivity contribution in [1.29, 1.82) is 0 Å². The smallest absolute Gasteiger partial charge is 0.241 e. The number of nitrogens with zero attached hydrogens (tertiary/aromatic N) is 4. The first-order chi connectivity index (χ1) is 20.7. The van der Waals surface area contributed by atoms with Gasteiger partial charge in [-0.1, -0.05) is 23.7 Å². The normalized spacial score (nSPS) is 13.6. The largest absolute Gasteiger partial charge is 0.497 e. The molecule has 0 spiro atoms. The molecule has 1 aromatic heterocycles. The molecule has 1 aliphatic heterocycles. The third kappa shape index (κ3) is 6.73. The molecule has 1 unspecified atom stereocenters. The number of aromatic nitrogens is 3. The number of carbonyl (C=O) groups excluding carboxylic acids is 3. The average molecular weight is 601 g/mol. The van der Waals surface area contributed by atoms with Crippen molar-refractivity contribution < 1.29 is 23.9 Å². The van der Waals surface area contributed by atoms with Crippen molar-refractivity contribution in [2.75, 3.05) is 20.4 Å². The van der Waals surface area contributed by atoms with Crippen molar-refractivity contribution in [1.82, 2.24) is 25.4 Å². The molecule has 0 saturated carbocycles. The molecule has 4 aromatic rings. The van der Waals surface area contributed by atoms with E-state index < -0.39 is 17.9 Å². The van der Waals surface area contributed by atoms with Gasteiger partial charge in [-0.25, -0.2) is 0 Å². The number of hydrogen-bond acceptors (Lipinski definition) is 8. The van der Waals surface area contributed by atoms with Crippen LogP contribution in [0.4, 0.5) is 0 Å². The van der Waals surface area contributed by atoms with E-state index >= 15 is 0 Å². The predicted molar refractivity (Wildman–Crippen MR) is 160 cm³/mol. The highest BCUT2D eigenvalue weighted by Gasteiger charge is 2.30. The summed E-state index contributed by atoms with van der Waals surface area (Å²) in [6, 6.07) is 18.8. The zero-order chi connectivity index (χ0) is 30.5. The summed E-state index contributed by atoms with van der Waals surface area (Å²) in [7, 11) is 1.59. The third-order valence-electron chi connectivity index (χ3n) is 6.84. The van der Waals surface area contributed by atoms with Gasteiger partial charge in [0.1, 0.15) is 23.4 Å². The minimum Gasteiger partial charge on any atom is -0.497 e. The fourth-order valence-corrected chi connectivity index (χ4v) is 4.78. The average Bonchev–Trinajstić information content (AvgIpc) is 3.33. The van der Waals surface area contributed by atoms with E-state index in [4.69, 9.17) is 26.1 Å². The second-order valence-corrected chi connectivity index (χ2v) is 10.2. The number of carbonyl (C=O) groups is 3. The van der Waals surface area contributed by atoms with Crippen LogP contribution in [0.25, 0.3) is 5.69 Å². The number of fused-ring (bicyclic) bond motifs is 3. The van der Waals surface area contributed by atoms with E-state index in [9.17, 15) is 14.4 Å². The number of amides is 2. The molecule has 0 radical (unpaired) electrons. The van der Waals surface area contributed by atoms with Crippen molar-refractivity contribution in [3.63, 3.8) is 0 Å². The second kappa shape index (κ2) is 12.9. The van der Waals surface area contributed by atoms with E-state index in [1.54, 1.807) is 43.5 Å². The van der Waals surface area contributed by atoms with E-state index in [0.29, 0.717) is 39.4 Å². The monoisotopic (exact) mass is 600 g/mol. The van der Waals surface area contributed by atoms with E-state index in [-0.39, 0.29) is 25.5 Å². The molecular weight excluding hydrogens is 572 g/mol. The highest BCUT2D eigenvalue weighted by molar-refractivity contribution is 6.30. The number of ketones is 1. The van der Waals surface area contributed by atoms with Crippen molar-refractivity contribution in [3.05, 3.63) is 100 Å². The Morgan fingerprint density at radius 1 is 0.930 bits per heavy atom. The molecule has 0 bridgehead atoms. The summed E-state index contributed by atoms with van der Waals surface area (Å²) in [5.74, 6) is 1.40. The topological polar surface area (TPSA) is 137 Å². The van der Waals surface area contributed by atoms with E-state index in [1.807, 2.05) is 41.8 Å². The van der Waals surface area contributed by atoms with E-state index in [1.165, 1.54) is 6.92 Å². The quantitative estimate of drug-likeness (QED) is 0.207. The van der Waals surface area contributed by atoms with Gasteiger partial charge in [0.2, 0.25) is 11.8 Å². The molecule has 2 heterocycles. The SMILES string of the molecule is COc1ccc2c(c1)C(c1ccc(Cl)cc1)=NC(CC(=O)NCC(=O)NCOc1ccc(C(C)=O)cc1)c1nnc(C)n1-2. The van der Waals surface area contributed by atoms with E-state index in [2.05, 4.69) is 20.8 Å². The predicted octanol–water partition coefficient (Wildman–Crippen LogP) is 3.99. The summed E-state index contributed by atoms with van der Waals surface area (Å²) < 4.78 is 12.9. The minimum atomic E-state index is -0.699. The van der Waals surface area contributed by atoms with Crippen LogP contribution in [0.3, 0.4) is 0 Å². The molecule has 0 aliphatic carbocycles. The Bertz CT molecular complexity index is 1700. The summed E-state index contributed by atoms with van der Waals surface area (Å²) in [4.78, 5) is 41.9. The number of aliphatic imine (C=N–C) groups is 1. The van der Waals surface area contributed by atoms with Crippen LogP contribution in [0, 0.1) is 6.92 Å². The Labute approximate surface area is 252 Å². The Hall–Kier alpha value is -5.03. The lowest BCUT2D eigenvalue weighted by Gasteiger charge is -2.14. The molecule has 1 atom stereocenters. The molecule has 1 aliphatic rings. The Kier molecular flexibility index (Phi) is 8.82. The summed E-state index contributed by atoms with van der Waals surface area (Å²) in [6.45, 7) is 2.96. The number of aryl methyl sites for hydroxylation is 1. The number of rotatable bonds is 10. The fourth-order valence-electron chi connectivity index (χ4n) is 4.65.